The molecule has 5 rings (SSSR count). The molecule has 1 aliphatic rings. The number of aromatic nitrogens is 3. The van der Waals surface area contributed by atoms with Crippen LogP contribution in [-0.2, 0) is 4.79 Å². The maximum atomic E-state index is 11.5. The van der Waals surface area contributed by atoms with Gasteiger partial charge in [0.15, 0.2) is 5.11 Å². The van der Waals surface area contributed by atoms with Crippen LogP contribution in [0.2, 0.25) is 0 Å². The van der Waals surface area contributed by atoms with Crippen LogP contribution in [0.1, 0.15) is 41.7 Å². The van der Waals surface area contributed by atoms with Gasteiger partial charge in [-0.05, 0) is 86.2 Å². The second kappa shape index (κ2) is 9.31. The Morgan fingerprint density at radius 1 is 1.00 bits per heavy atom. The molecule has 0 radical (unpaired) electrons. The fourth-order valence-corrected chi connectivity index (χ4v) is 5.13. The van der Waals surface area contributed by atoms with Crippen LogP contribution in [0.3, 0.4) is 0 Å². The van der Waals surface area contributed by atoms with Gasteiger partial charge in [0.1, 0.15) is 5.82 Å². The molecule has 0 bridgehead atoms. The Balaban J connectivity index is 1.63. The van der Waals surface area contributed by atoms with Gasteiger partial charge in [0.05, 0.1) is 17.8 Å². The molecule has 0 spiro atoms. The summed E-state index contributed by atoms with van der Waals surface area (Å²) >= 11 is 5.85. The number of carbonyl (C=O) groups is 1. The highest BCUT2D eigenvalue weighted by Gasteiger charge is 2.42. The Kier molecular flexibility index (Phi) is 6.05. The van der Waals surface area contributed by atoms with Crippen molar-refractivity contribution >= 4 is 34.6 Å². The number of hydrogen-bond acceptors (Lipinski definition) is 4. The number of carbonyl (C=O) groups excluding carboxylic acids is 1. The van der Waals surface area contributed by atoms with Gasteiger partial charge >= 0.3 is 0 Å². The number of nitrogens with one attached hydrogen (secondary N) is 2. The lowest BCUT2D eigenvalue weighted by atomic mass is 9.96. The molecule has 7 nitrogen and oxygen atoms in total. The summed E-state index contributed by atoms with van der Waals surface area (Å²) in [6.07, 6.45) is 3.61. The molecule has 0 saturated carbocycles. The number of rotatable bonds is 5. The summed E-state index contributed by atoms with van der Waals surface area (Å²) in [5.41, 5.74) is 5.92. The van der Waals surface area contributed by atoms with E-state index in [0.717, 1.165) is 39.8 Å². The van der Waals surface area contributed by atoms with E-state index in [2.05, 4.69) is 50.0 Å². The summed E-state index contributed by atoms with van der Waals surface area (Å²) in [5, 5.41) is 6.96. The normalized spacial score (nSPS) is 17.3. The summed E-state index contributed by atoms with van der Waals surface area (Å²) in [7, 11) is 0. The van der Waals surface area contributed by atoms with Gasteiger partial charge in [-0.3, -0.25) is 9.78 Å². The van der Waals surface area contributed by atoms with Crippen LogP contribution in [0.15, 0.2) is 79.1 Å². The lowest BCUT2D eigenvalue weighted by Gasteiger charge is -2.28. The second-order valence-electron chi connectivity index (χ2n) is 8.57. The van der Waals surface area contributed by atoms with Crippen LogP contribution in [0.4, 0.5) is 11.4 Å². The molecule has 2 atom stereocenters. The van der Waals surface area contributed by atoms with Gasteiger partial charge in [-0.25, -0.2) is 4.98 Å². The minimum absolute atomic E-state index is 0.105. The molecule has 2 N–H and O–H groups in total. The maximum Gasteiger partial charge on any atom is 0.221 e. The lowest BCUT2D eigenvalue weighted by Crippen LogP contribution is -2.29. The van der Waals surface area contributed by atoms with Crippen LogP contribution >= 0.6 is 12.2 Å². The third-order valence-electron chi connectivity index (χ3n) is 6.23. The fraction of sp³-hybridized carbons (Fsp3) is 0.185. The molecule has 1 aliphatic heterocycles. The van der Waals surface area contributed by atoms with Gasteiger partial charge in [-0.1, -0.05) is 12.1 Å². The maximum absolute atomic E-state index is 11.5. The van der Waals surface area contributed by atoms with Crippen molar-refractivity contribution in [3.8, 4) is 5.82 Å². The Morgan fingerprint density at radius 2 is 1.71 bits per heavy atom. The van der Waals surface area contributed by atoms with Crippen LogP contribution in [0.5, 0.6) is 0 Å². The zero-order valence-electron chi connectivity index (χ0n) is 19.8. The minimum Gasteiger partial charge on any atom is -0.351 e. The first-order chi connectivity index (χ1) is 16.9. The molecule has 4 aromatic rings. The number of hydrogen-bond donors (Lipinski definition) is 2. The Hall–Kier alpha value is -4.04. The number of nitrogens with zero attached hydrogens (tertiary/aromatic N) is 4. The first kappa shape index (κ1) is 22.7. The van der Waals surface area contributed by atoms with Crippen molar-refractivity contribution in [2.45, 2.75) is 32.9 Å². The van der Waals surface area contributed by atoms with Crippen molar-refractivity contribution in [2.24, 2.45) is 0 Å². The van der Waals surface area contributed by atoms with Gasteiger partial charge in [0, 0.05) is 42.1 Å². The number of aryl methyl sites for hydroxylation is 1. The monoisotopic (exact) mass is 482 g/mol. The molecule has 4 heterocycles. The summed E-state index contributed by atoms with van der Waals surface area (Å²) < 4.78 is 2.17. The van der Waals surface area contributed by atoms with Crippen molar-refractivity contribution < 1.29 is 4.79 Å². The Bertz CT molecular complexity index is 1370. The minimum atomic E-state index is -0.142. The molecule has 1 amide bonds. The molecule has 1 saturated heterocycles. The standard InChI is InChI=1S/C27H26N6OS/c1-17-16-22(18(2)32(17)24-9-5-7-15-29-24)26-25(23-8-4-6-14-28-23)31-27(35)33(26)21-12-10-20(11-13-21)30-19(3)34/h4-16,25-26H,1-3H3,(H,30,34)(H,31,35). The largest absolute Gasteiger partial charge is 0.351 e. The molecule has 1 aromatic carbocycles. The predicted octanol–water partition coefficient (Wildman–Crippen LogP) is 5.02. The Morgan fingerprint density at radius 3 is 2.34 bits per heavy atom. The van der Waals surface area contributed by atoms with Crippen molar-refractivity contribution in [1.29, 1.82) is 0 Å². The van der Waals surface area contributed by atoms with Crippen molar-refractivity contribution in [3.63, 3.8) is 0 Å². The van der Waals surface area contributed by atoms with Crippen LogP contribution in [0.25, 0.3) is 5.82 Å². The molecular formula is C27H26N6OS. The summed E-state index contributed by atoms with van der Waals surface area (Å²) in [6, 6.07) is 21.5. The van der Waals surface area contributed by atoms with E-state index < -0.39 is 0 Å². The lowest BCUT2D eigenvalue weighted by molar-refractivity contribution is -0.114. The van der Waals surface area contributed by atoms with Gasteiger partial charge in [-0.2, -0.15) is 0 Å². The number of amides is 1. The van der Waals surface area contributed by atoms with E-state index in [1.165, 1.54) is 6.92 Å². The average molecular weight is 483 g/mol. The highest BCUT2D eigenvalue weighted by atomic mass is 32.1. The van der Waals surface area contributed by atoms with Gasteiger partial charge in [-0.15, -0.1) is 0 Å². The van der Waals surface area contributed by atoms with Gasteiger partial charge < -0.3 is 20.1 Å². The number of pyridine rings is 2. The third kappa shape index (κ3) is 4.28. The van der Waals surface area contributed by atoms with E-state index in [4.69, 9.17) is 12.2 Å². The van der Waals surface area contributed by atoms with E-state index in [0.29, 0.717) is 5.11 Å². The van der Waals surface area contributed by atoms with E-state index in [1.807, 2.05) is 60.7 Å². The molecule has 1 fully saturated rings. The van der Waals surface area contributed by atoms with Crippen molar-refractivity contribution in [1.82, 2.24) is 19.9 Å². The first-order valence-electron chi connectivity index (χ1n) is 11.4. The number of thiocarbonyl (C=S) groups is 1. The summed E-state index contributed by atoms with van der Waals surface area (Å²) in [5.74, 6) is 0.772. The summed E-state index contributed by atoms with van der Waals surface area (Å²) in [4.78, 5) is 22.8. The molecule has 8 heteroatoms. The zero-order chi connectivity index (χ0) is 24.5. The molecule has 0 aliphatic carbocycles. The molecular weight excluding hydrogens is 456 g/mol. The van der Waals surface area contributed by atoms with Crippen molar-refractivity contribution in [3.05, 3.63) is 102 Å². The number of anilines is 2. The Labute approximate surface area is 209 Å². The quantitative estimate of drug-likeness (QED) is 0.389. The average Bonchev–Trinajstić information content (AvgIpc) is 3.35. The SMILES string of the molecule is CC(=O)Nc1ccc(N2C(=S)NC(c3ccccn3)C2c2cc(C)n(-c3ccccn3)c2C)cc1. The predicted molar refractivity (Wildman–Crippen MR) is 142 cm³/mol. The van der Waals surface area contributed by atoms with Crippen LogP contribution in [0, 0.1) is 13.8 Å². The highest BCUT2D eigenvalue weighted by molar-refractivity contribution is 7.80. The van der Waals surface area contributed by atoms with Gasteiger partial charge in [0.25, 0.3) is 0 Å². The van der Waals surface area contributed by atoms with Crippen LogP contribution in [-0.4, -0.2) is 25.6 Å². The molecule has 3 aromatic heterocycles. The zero-order valence-corrected chi connectivity index (χ0v) is 20.6. The third-order valence-corrected chi connectivity index (χ3v) is 6.55. The van der Waals surface area contributed by atoms with E-state index >= 15 is 0 Å². The summed E-state index contributed by atoms with van der Waals surface area (Å²) in [6.45, 7) is 5.71. The van der Waals surface area contributed by atoms with Crippen molar-refractivity contribution in [2.75, 3.05) is 10.2 Å². The molecule has 35 heavy (non-hydrogen) atoms. The second-order valence-corrected chi connectivity index (χ2v) is 8.96. The first-order valence-corrected chi connectivity index (χ1v) is 11.8. The van der Waals surface area contributed by atoms with E-state index in [1.54, 1.807) is 12.4 Å². The highest BCUT2D eigenvalue weighted by Crippen LogP contribution is 2.43. The fourth-order valence-electron chi connectivity index (χ4n) is 4.78. The molecule has 176 valence electrons. The van der Waals surface area contributed by atoms with Gasteiger partial charge in [0.2, 0.25) is 5.91 Å². The topological polar surface area (TPSA) is 75.1 Å². The van der Waals surface area contributed by atoms with E-state index in [-0.39, 0.29) is 18.0 Å². The van der Waals surface area contributed by atoms with E-state index in [9.17, 15) is 4.79 Å². The molecule has 2 unspecified atom stereocenters. The smallest absolute Gasteiger partial charge is 0.221 e. The number of benzene rings is 1. The van der Waals surface area contributed by atoms with Crippen LogP contribution < -0.4 is 15.5 Å².